The van der Waals surface area contributed by atoms with E-state index in [2.05, 4.69) is 5.92 Å². The summed E-state index contributed by atoms with van der Waals surface area (Å²) in [5.74, 6) is 2.65. The summed E-state index contributed by atoms with van der Waals surface area (Å²) >= 11 is 0. The molecule has 140 valence electrons. The maximum Gasteiger partial charge on any atom is 0.229 e. The zero-order chi connectivity index (χ0) is 18.9. The van der Waals surface area contributed by atoms with Crippen molar-refractivity contribution in [3.8, 4) is 12.3 Å². The molecule has 1 amide bonds. The van der Waals surface area contributed by atoms with E-state index in [4.69, 9.17) is 15.9 Å². The van der Waals surface area contributed by atoms with Gasteiger partial charge in [-0.1, -0.05) is 42.3 Å². The highest BCUT2D eigenvalue weighted by molar-refractivity contribution is 5.93. The summed E-state index contributed by atoms with van der Waals surface area (Å²) in [6.07, 6.45) is 8.13. The molecule has 1 atom stereocenters. The fourth-order valence-corrected chi connectivity index (χ4v) is 3.14. The lowest BCUT2D eigenvalue weighted by Gasteiger charge is -2.23. The van der Waals surface area contributed by atoms with Crippen LogP contribution >= 0.6 is 0 Å². The van der Waals surface area contributed by atoms with Crippen molar-refractivity contribution in [2.24, 2.45) is 0 Å². The van der Waals surface area contributed by atoms with E-state index in [1.165, 1.54) is 0 Å². The molecule has 0 aromatic heterocycles. The molecule has 1 heterocycles. The predicted octanol–water partition coefficient (Wildman–Crippen LogP) is 3.79. The SMILES string of the molecule is C#Cc1cccc(N(Cc2ccccc2)C(=O)CCOCC2CCCO2)c1. The van der Waals surface area contributed by atoms with Crippen LogP contribution in [0.2, 0.25) is 0 Å². The van der Waals surface area contributed by atoms with Gasteiger partial charge in [-0.2, -0.15) is 0 Å². The van der Waals surface area contributed by atoms with Crippen molar-refractivity contribution in [1.82, 2.24) is 0 Å². The minimum absolute atomic E-state index is 0.0142. The van der Waals surface area contributed by atoms with Crippen molar-refractivity contribution in [3.05, 3.63) is 65.7 Å². The highest BCUT2D eigenvalue weighted by Crippen LogP contribution is 2.20. The largest absolute Gasteiger partial charge is 0.378 e. The molecule has 2 aromatic rings. The lowest BCUT2D eigenvalue weighted by atomic mass is 10.1. The number of carbonyl (C=O) groups excluding carboxylic acids is 1. The Kier molecular flexibility index (Phi) is 7.04. The monoisotopic (exact) mass is 363 g/mol. The smallest absolute Gasteiger partial charge is 0.229 e. The molecule has 1 aliphatic heterocycles. The summed E-state index contributed by atoms with van der Waals surface area (Å²) in [6, 6.07) is 17.5. The van der Waals surface area contributed by atoms with Gasteiger partial charge in [0.25, 0.3) is 0 Å². The van der Waals surface area contributed by atoms with Crippen molar-refractivity contribution in [2.45, 2.75) is 31.9 Å². The summed E-state index contributed by atoms with van der Waals surface area (Å²) < 4.78 is 11.2. The Labute approximate surface area is 161 Å². The number of benzene rings is 2. The third-order valence-corrected chi connectivity index (χ3v) is 4.60. The normalized spacial score (nSPS) is 16.0. The van der Waals surface area contributed by atoms with Gasteiger partial charge < -0.3 is 14.4 Å². The molecule has 1 aliphatic rings. The van der Waals surface area contributed by atoms with Gasteiger partial charge in [-0.3, -0.25) is 4.79 Å². The second-order valence-corrected chi connectivity index (χ2v) is 6.62. The summed E-state index contributed by atoms with van der Waals surface area (Å²) in [5.41, 5.74) is 2.63. The van der Waals surface area contributed by atoms with E-state index in [1.54, 1.807) is 4.90 Å². The number of ether oxygens (including phenoxy) is 2. The molecule has 0 bridgehead atoms. The van der Waals surface area contributed by atoms with Crippen LogP contribution in [0.4, 0.5) is 5.69 Å². The van der Waals surface area contributed by atoms with Crippen LogP contribution in [-0.4, -0.2) is 31.8 Å². The molecule has 0 radical (unpaired) electrons. The molecule has 1 unspecified atom stereocenters. The molecule has 27 heavy (non-hydrogen) atoms. The van der Waals surface area contributed by atoms with Gasteiger partial charge in [0.1, 0.15) is 0 Å². The van der Waals surface area contributed by atoms with Gasteiger partial charge in [-0.15, -0.1) is 6.42 Å². The van der Waals surface area contributed by atoms with Crippen LogP contribution < -0.4 is 4.90 Å². The van der Waals surface area contributed by atoms with Crippen molar-refractivity contribution >= 4 is 11.6 Å². The van der Waals surface area contributed by atoms with Crippen LogP contribution in [0.3, 0.4) is 0 Å². The quantitative estimate of drug-likeness (QED) is 0.529. The third kappa shape index (κ3) is 5.68. The Morgan fingerprint density at radius 3 is 2.81 bits per heavy atom. The van der Waals surface area contributed by atoms with Gasteiger partial charge in [-0.05, 0) is 36.6 Å². The Morgan fingerprint density at radius 2 is 2.07 bits per heavy atom. The third-order valence-electron chi connectivity index (χ3n) is 4.60. The maximum atomic E-state index is 12.9. The average molecular weight is 363 g/mol. The van der Waals surface area contributed by atoms with Gasteiger partial charge in [-0.25, -0.2) is 0 Å². The minimum Gasteiger partial charge on any atom is -0.378 e. The highest BCUT2D eigenvalue weighted by atomic mass is 16.5. The standard InChI is InChI=1S/C23H25NO3/c1-2-19-10-6-11-21(16-19)24(17-20-8-4-3-5-9-20)23(25)13-15-26-18-22-12-7-14-27-22/h1,3-6,8-11,16,22H,7,12-15,17-18H2. The van der Waals surface area contributed by atoms with Gasteiger partial charge >= 0.3 is 0 Å². The Hall–Kier alpha value is -2.61. The molecule has 0 saturated carbocycles. The number of nitrogens with zero attached hydrogens (tertiary/aromatic N) is 1. The first kappa shape index (κ1) is 19.2. The van der Waals surface area contributed by atoms with Gasteiger partial charge in [0.05, 0.1) is 32.3 Å². The fraction of sp³-hybridized carbons (Fsp3) is 0.348. The molecule has 1 saturated heterocycles. The zero-order valence-electron chi connectivity index (χ0n) is 15.5. The summed E-state index contributed by atoms with van der Waals surface area (Å²) in [6.45, 7) is 2.25. The van der Waals surface area contributed by atoms with E-state index >= 15 is 0 Å². The molecule has 1 fully saturated rings. The predicted molar refractivity (Wildman–Crippen MR) is 106 cm³/mol. The van der Waals surface area contributed by atoms with E-state index in [1.807, 2.05) is 54.6 Å². The van der Waals surface area contributed by atoms with Crippen LogP contribution in [0.1, 0.15) is 30.4 Å². The van der Waals surface area contributed by atoms with Gasteiger partial charge in [0.15, 0.2) is 0 Å². The van der Waals surface area contributed by atoms with E-state index in [0.29, 0.717) is 26.2 Å². The van der Waals surface area contributed by atoms with Crippen LogP contribution in [0.25, 0.3) is 0 Å². The first-order valence-corrected chi connectivity index (χ1v) is 9.36. The minimum atomic E-state index is 0.0142. The molecular formula is C23H25NO3. The molecule has 2 aromatic carbocycles. The highest BCUT2D eigenvalue weighted by Gasteiger charge is 2.18. The van der Waals surface area contributed by atoms with E-state index in [0.717, 1.165) is 36.3 Å². The second kappa shape index (κ2) is 9.91. The van der Waals surface area contributed by atoms with Crippen LogP contribution in [-0.2, 0) is 20.8 Å². The van der Waals surface area contributed by atoms with Crippen LogP contribution in [0, 0.1) is 12.3 Å². The van der Waals surface area contributed by atoms with Crippen molar-refractivity contribution < 1.29 is 14.3 Å². The molecular weight excluding hydrogens is 338 g/mol. The molecule has 4 nitrogen and oxygen atoms in total. The average Bonchev–Trinajstić information content (AvgIpc) is 3.23. The van der Waals surface area contributed by atoms with Crippen LogP contribution in [0.5, 0.6) is 0 Å². The van der Waals surface area contributed by atoms with E-state index in [-0.39, 0.29) is 12.0 Å². The maximum absolute atomic E-state index is 12.9. The number of rotatable bonds is 8. The van der Waals surface area contributed by atoms with Crippen molar-refractivity contribution in [2.75, 3.05) is 24.7 Å². The Morgan fingerprint density at radius 1 is 1.22 bits per heavy atom. The van der Waals surface area contributed by atoms with Crippen molar-refractivity contribution in [1.29, 1.82) is 0 Å². The molecule has 3 rings (SSSR count). The summed E-state index contributed by atoms with van der Waals surface area (Å²) in [7, 11) is 0. The lowest BCUT2D eigenvalue weighted by Crippen LogP contribution is -2.31. The molecule has 4 heteroatoms. The lowest BCUT2D eigenvalue weighted by molar-refractivity contribution is -0.120. The summed E-state index contributed by atoms with van der Waals surface area (Å²) in [4.78, 5) is 14.7. The van der Waals surface area contributed by atoms with Gasteiger partial charge in [0, 0.05) is 17.9 Å². The first-order chi connectivity index (χ1) is 13.3. The topological polar surface area (TPSA) is 38.8 Å². The number of anilines is 1. The van der Waals surface area contributed by atoms with Crippen LogP contribution in [0.15, 0.2) is 54.6 Å². The van der Waals surface area contributed by atoms with Gasteiger partial charge in [0.2, 0.25) is 5.91 Å². The Bertz CT molecular complexity index is 776. The molecule has 0 N–H and O–H groups in total. The van der Waals surface area contributed by atoms with Crippen molar-refractivity contribution in [3.63, 3.8) is 0 Å². The van der Waals surface area contributed by atoms with E-state index < -0.39 is 0 Å². The number of hydrogen-bond acceptors (Lipinski definition) is 3. The Balaban J connectivity index is 1.64. The molecule has 0 spiro atoms. The zero-order valence-corrected chi connectivity index (χ0v) is 15.5. The molecule has 0 aliphatic carbocycles. The first-order valence-electron chi connectivity index (χ1n) is 9.36. The number of terminal acetylenes is 1. The van der Waals surface area contributed by atoms with E-state index in [9.17, 15) is 4.79 Å². The number of amides is 1. The summed E-state index contributed by atoms with van der Waals surface area (Å²) in [5, 5.41) is 0. The fourth-order valence-electron chi connectivity index (χ4n) is 3.14. The number of hydrogen-bond donors (Lipinski definition) is 0. The second-order valence-electron chi connectivity index (χ2n) is 6.62. The number of carbonyl (C=O) groups is 1.